The first-order chi connectivity index (χ1) is 15.7. The molecule has 0 unspecified atom stereocenters. The van der Waals surface area contributed by atoms with Gasteiger partial charge in [0.1, 0.15) is 0 Å². The number of hydrogen-bond acceptors (Lipinski definition) is 2. The lowest BCUT2D eigenvalue weighted by atomic mass is 9.76. The number of aryl methyl sites for hydroxylation is 2. The number of nitrogens with one attached hydrogen (secondary N) is 2. The summed E-state index contributed by atoms with van der Waals surface area (Å²) in [5.41, 5.74) is 9.00. The molecule has 160 valence electrons. The van der Waals surface area contributed by atoms with Crippen LogP contribution < -0.4 is 10.6 Å². The van der Waals surface area contributed by atoms with Crippen molar-refractivity contribution in [1.82, 2.24) is 0 Å². The third-order valence-corrected chi connectivity index (χ3v) is 6.50. The van der Waals surface area contributed by atoms with Gasteiger partial charge in [-0.15, -0.1) is 0 Å². The molecule has 4 aromatic rings. The number of rotatable bonds is 5. The van der Waals surface area contributed by atoms with Crippen molar-refractivity contribution in [1.29, 1.82) is 0 Å². The molecule has 0 bridgehead atoms. The maximum atomic E-state index is 3.92. The van der Waals surface area contributed by atoms with Gasteiger partial charge >= 0.3 is 0 Å². The zero-order valence-electron chi connectivity index (χ0n) is 18.8. The average molecular weight is 419 g/mol. The number of hydrogen-bond donors (Lipinski definition) is 2. The van der Waals surface area contributed by atoms with Gasteiger partial charge in [-0.2, -0.15) is 0 Å². The second kappa shape index (κ2) is 8.92. The zero-order chi connectivity index (χ0) is 21.9. The van der Waals surface area contributed by atoms with Crippen LogP contribution in [-0.2, 0) is 6.42 Å². The summed E-state index contributed by atoms with van der Waals surface area (Å²) in [5, 5.41) is 7.84. The van der Waals surface area contributed by atoms with E-state index in [0.29, 0.717) is 0 Å². The minimum atomic E-state index is 0.171. The Labute approximate surface area is 191 Å². The number of benzene rings is 4. The standard InChI is InChI=1S/C30H30N2/c1-21-10-9-15-25(18-21)31-30-26-17-16-22(2)19-27(26)32-28(20-23-11-5-3-6-12-23)29(30)24-13-7-4-8-14-24/h3-19,28-32H,20H2,1-2H3/t28-,29+,30-/m1/s1. The average Bonchev–Trinajstić information content (AvgIpc) is 2.80. The van der Waals surface area contributed by atoms with Gasteiger partial charge in [0.25, 0.3) is 0 Å². The fourth-order valence-electron chi connectivity index (χ4n) is 5.01. The smallest absolute Gasteiger partial charge is 0.0622 e. The first kappa shape index (κ1) is 20.4. The van der Waals surface area contributed by atoms with Crippen LogP contribution in [0.4, 0.5) is 11.4 Å². The predicted octanol–water partition coefficient (Wildman–Crippen LogP) is 7.28. The Morgan fingerprint density at radius 1 is 0.719 bits per heavy atom. The van der Waals surface area contributed by atoms with E-state index >= 15 is 0 Å². The molecule has 2 heteroatoms. The van der Waals surface area contributed by atoms with E-state index in [1.54, 1.807) is 0 Å². The maximum absolute atomic E-state index is 3.92. The van der Waals surface area contributed by atoms with Crippen molar-refractivity contribution in [3.63, 3.8) is 0 Å². The van der Waals surface area contributed by atoms with Crippen LogP contribution in [0, 0.1) is 13.8 Å². The molecule has 1 heterocycles. The highest BCUT2D eigenvalue weighted by Gasteiger charge is 2.37. The molecule has 5 rings (SSSR count). The molecule has 4 aromatic carbocycles. The Hall–Kier alpha value is -3.52. The fourth-order valence-corrected chi connectivity index (χ4v) is 5.01. The predicted molar refractivity (Wildman–Crippen MR) is 135 cm³/mol. The highest BCUT2D eigenvalue weighted by atomic mass is 15.0. The first-order valence-electron chi connectivity index (χ1n) is 11.5. The summed E-state index contributed by atoms with van der Waals surface area (Å²) in [4.78, 5) is 0. The molecule has 2 nitrogen and oxygen atoms in total. The molecule has 0 fully saturated rings. The van der Waals surface area contributed by atoms with Gasteiger partial charge in [-0.25, -0.2) is 0 Å². The lowest BCUT2D eigenvalue weighted by Crippen LogP contribution is -2.40. The van der Waals surface area contributed by atoms with Crippen LogP contribution in [0.15, 0.2) is 103 Å². The molecule has 2 N–H and O–H groups in total. The van der Waals surface area contributed by atoms with Crippen molar-refractivity contribution < 1.29 is 0 Å². The Kier molecular flexibility index (Phi) is 5.68. The Morgan fingerprint density at radius 2 is 1.44 bits per heavy atom. The molecular formula is C30H30N2. The first-order valence-corrected chi connectivity index (χ1v) is 11.5. The van der Waals surface area contributed by atoms with Crippen LogP contribution in [0.5, 0.6) is 0 Å². The highest BCUT2D eigenvalue weighted by molar-refractivity contribution is 5.63. The summed E-state index contributed by atoms with van der Waals surface area (Å²) in [6.07, 6.45) is 0.972. The highest BCUT2D eigenvalue weighted by Crippen LogP contribution is 2.45. The molecule has 1 aliphatic heterocycles. The van der Waals surface area contributed by atoms with E-state index in [9.17, 15) is 0 Å². The third kappa shape index (κ3) is 4.27. The van der Waals surface area contributed by atoms with Crippen LogP contribution in [0.2, 0.25) is 0 Å². The van der Waals surface area contributed by atoms with Gasteiger partial charge in [0.05, 0.1) is 6.04 Å². The second-order valence-electron chi connectivity index (χ2n) is 8.96. The lowest BCUT2D eigenvalue weighted by molar-refractivity contribution is 0.479. The monoisotopic (exact) mass is 418 g/mol. The van der Waals surface area contributed by atoms with Crippen molar-refractivity contribution in [2.45, 2.75) is 38.3 Å². The molecule has 0 spiro atoms. The van der Waals surface area contributed by atoms with E-state index in [0.717, 1.165) is 6.42 Å². The number of fused-ring (bicyclic) bond motifs is 1. The van der Waals surface area contributed by atoms with Crippen molar-refractivity contribution in [3.05, 3.63) is 131 Å². The molecule has 0 radical (unpaired) electrons. The van der Waals surface area contributed by atoms with Crippen LogP contribution in [0.1, 0.15) is 39.8 Å². The van der Waals surface area contributed by atoms with Gasteiger partial charge < -0.3 is 10.6 Å². The molecular weight excluding hydrogens is 388 g/mol. The summed E-state index contributed by atoms with van der Waals surface area (Å²) in [5.74, 6) is 0.284. The van der Waals surface area contributed by atoms with E-state index in [1.807, 2.05) is 0 Å². The van der Waals surface area contributed by atoms with Crippen molar-refractivity contribution in [2.75, 3.05) is 10.6 Å². The normalized spacial score (nSPS) is 19.6. The SMILES string of the molecule is Cc1cccc(N[C@@H]2c3ccc(C)cc3N[C@H](Cc3ccccc3)[C@@H]2c2ccccc2)c1. The third-order valence-electron chi connectivity index (χ3n) is 6.50. The van der Waals surface area contributed by atoms with E-state index in [-0.39, 0.29) is 18.0 Å². The van der Waals surface area contributed by atoms with Crippen LogP contribution in [0.3, 0.4) is 0 Å². The zero-order valence-corrected chi connectivity index (χ0v) is 18.8. The Bertz CT molecular complexity index is 1180. The largest absolute Gasteiger partial charge is 0.381 e. The van der Waals surface area contributed by atoms with E-state index in [4.69, 9.17) is 0 Å². The Morgan fingerprint density at radius 3 is 2.19 bits per heavy atom. The molecule has 0 aromatic heterocycles. The molecule has 0 saturated heterocycles. The van der Waals surface area contributed by atoms with E-state index < -0.39 is 0 Å². The summed E-state index contributed by atoms with van der Waals surface area (Å²) in [6, 6.07) is 37.7. The summed E-state index contributed by atoms with van der Waals surface area (Å²) in [6.45, 7) is 4.32. The van der Waals surface area contributed by atoms with Crippen molar-refractivity contribution in [3.8, 4) is 0 Å². The summed E-state index contributed by atoms with van der Waals surface area (Å²) >= 11 is 0. The van der Waals surface area contributed by atoms with E-state index in [2.05, 4.69) is 128 Å². The quantitative estimate of drug-likeness (QED) is 0.356. The topological polar surface area (TPSA) is 24.1 Å². The van der Waals surface area contributed by atoms with Gasteiger partial charge in [0.2, 0.25) is 0 Å². The molecule has 0 amide bonds. The summed E-state index contributed by atoms with van der Waals surface area (Å²) < 4.78 is 0. The van der Waals surface area contributed by atoms with Gasteiger partial charge in [-0.1, -0.05) is 84.9 Å². The van der Waals surface area contributed by atoms with Gasteiger partial charge in [-0.05, 0) is 66.3 Å². The van der Waals surface area contributed by atoms with Gasteiger partial charge in [0, 0.05) is 23.3 Å². The van der Waals surface area contributed by atoms with E-state index in [1.165, 1.54) is 39.2 Å². The summed E-state index contributed by atoms with van der Waals surface area (Å²) in [7, 11) is 0. The molecule has 1 aliphatic rings. The lowest BCUT2D eigenvalue weighted by Gasteiger charge is -2.42. The van der Waals surface area contributed by atoms with Crippen LogP contribution >= 0.6 is 0 Å². The molecule has 32 heavy (non-hydrogen) atoms. The minimum absolute atomic E-state index is 0.171. The fraction of sp³-hybridized carbons (Fsp3) is 0.200. The maximum Gasteiger partial charge on any atom is 0.0622 e. The van der Waals surface area contributed by atoms with Crippen molar-refractivity contribution in [2.24, 2.45) is 0 Å². The van der Waals surface area contributed by atoms with Crippen LogP contribution in [-0.4, -0.2) is 6.04 Å². The molecule has 0 saturated carbocycles. The van der Waals surface area contributed by atoms with Crippen molar-refractivity contribution >= 4 is 11.4 Å². The Balaban J connectivity index is 1.62. The molecule has 0 aliphatic carbocycles. The van der Waals surface area contributed by atoms with Gasteiger partial charge in [-0.3, -0.25) is 0 Å². The molecule has 3 atom stereocenters. The van der Waals surface area contributed by atoms with Gasteiger partial charge in [0.15, 0.2) is 0 Å². The second-order valence-corrected chi connectivity index (χ2v) is 8.96. The number of anilines is 2. The minimum Gasteiger partial charge on any atom is -0.381 e. The van der Waals surface area contributed by atoms with Crippen LogP contribution in [0.25, 0.3) is 0 Å².